The molecule has 1 saturated carbocycles. The molecule has 3 heteroatoms. The Morgan fingerprint density at radius 2 is 2.11 bits per heavy atom. The van der Waals surface area contributed by atoms with Gasteiger partial charge >= 0.3 is 0 Å². The van der Waals surface area contributed by atoms with Crippen LogP contribution in [0.1, 0.15) is 45.1 Å². The number of ether oxygens (including phenoxy) is 1. The maximum absolute atomic E-state index is 10.8. The standard InChI is InChI=1S/C15H23NO2/c1-11(2)18-14-8-4-3-7-13(14)15(17)9-5-6-12(16)10-15/h3-4,7-8,11-12,17H,5-6,9-10,16H2,1-2H3. The number of hydrogen-bond acceptors (Lipinski definition) is 3. The number of benzene rings is 1. The molecule has 0 bridgehead atoms. The Morgan fingerprint density at radius 1 is 1.39 bits per heavy atom. The van der Waals surface area contributed by atoms with E-state index in [9.17, 15) is 5.11 Å². The van der Waals surface area contributed by atoms with Crippen LogP contribution in [0.3, 0.4) is 0 Å². The zero-order valence-corrected chi connectivity index (χ0v) is 11.2. The minimum Gasteiger partial charge on any atom is -0.491 e. The van der Waals surface area contributed by atoms with Gasteiger partial charge in [0.15, 0.2) is 0 Å². The molecular weight excluding hydrogens is 226 g/mol. The molecule has 0 saturated heterocycles. The molecular formula is C15H23NO2. The van der Waals surface area contributed by atoms with Gasteiger partial charge in [-0.25, -0.2) is 0 Å². The summed E-state index contributed by atoms with van der Waals surface area (Å²) in [6.45, 7) is 3.99. The van der Waals surface area contributed by atoms with Crippen molar-refractivity contribution in [3.8, 4) is 5.75 Å². The molecule has 2 unspecified atom stereocenters. The lowest BCUT2D eigenvalue weighted by Gasteiger charge is -2.36. The van der Waals surface area contributed by atoms with Crippen LogP contribution in [0.2, 0.25) is 0 Å². The third-order valence-corrected chi connectivity index (χ3v) is 3.52. The summed E-state index contributed by atoms with van der Waals surface area (Å²) in [6.07, 6.45) is 3.44. The minimum absolute atomic E-state index is 0.0795. The van der Waals surface area contributed by atoms with Gasteiger partial charge in [-0.15, -0.1) is 0 Å². The Bertz CT molecular complexity index is 405. The first-order chi connectivity index (χ1) is 8.51. The lowest BCUT2D eigenvalue weighted by Crippen LogP contribution is -2.39. The Morgan fingerprint density at radius 3 is 2.78 bits per heavy atom. The Balaban J connectivity index is 2.31. The fraction of sp³-hybridized carbons (Fsp3) is 0.600. The maximum atomic E-state index is 10.8. The molecule has 0 spiro atoms. The highest BCUT2D eigenvalue weighted by atomic mass is 16.5. The van der Waals surface area contributed by atoms with E-state index in [1.54, 1.807) is 0 Å². The van der Waals surface area contributed by atoms with Crippen molar-refractivity contribution in [2.24, 2.45) is 5.73 Å². The van der Waals surface area contributed by atoms with Crippen molar-refractivity contribution in [3.63, 3.8) is 0 Å². The predicted molar refractivity (Wildman–Crippen MR) is 72.5 cm³/mol. The second kappa shape index (κ2) is 5.29. The van der Waals surface area contributed by atoms with E-state index in [4.69, 9.17) is 10.5 Å². The summed E-state index contributed by atoms with van der Waals surface area (Å²) in [5, 5.41) is 10.8. The monoisotopic (exact) mass is 249 g/mol. The molecule has 1 aromatic rings. The van der Waals surface area contributed by atoms with E-state index in [0.717, 1.165) is 30.6 Å². The van der Waals surface area contributed by atoms with Gasteiger partial charge in [0.1, 0.15) is 5.75 Å². The van der Waals surface area contributed by atoms with Crippen molar-refractivity contribution in [2.45, 2.75) is 57.3 Å². The molecule has 0 radical (unpaired) electrons. The fourth-order valence-electron chi connectivity index (χ4n) is 2.75. The molecule has 3 N–H and O–H groups in total. The highest BCUT2D eigenvalue weighted by molar-refractivity contribution is 5.38. The maximum Gasteiger partial charge on any atom is 0.125 e. The first-order valence-electron chi connectivity index (χ1n) is 6.75. The molecule has 18 heavy (non-hydrogen) atoms. The van der Waals surface area contributed by atoms with Crippen molar-refractivity contribution >= 4 is 0 Å². The molecule has 2 atom stereocenters. The van der Waals surface area contributed by atoms with Crippen LogP contribution in [0.5, 0.6) is 5.75 Å². The first kappa shape index (κ1) is 13.4. The number of hydrogen-bond donors (Lipinski definition) is 2. The molecule has 0 aromatic heterocycles. The average Bonchev–Trinajstić information content (AvgIpc) is 2.28. The summed E-state index contributed by atoms with van der Waals surface area (Å²) in [7, 11) is 0. The molecule has 0 heterocycles. The first-order valence-corrected chi connectivity index (χ1v) is 6.75. The van der Waals surface area contributed by atoms with Crippen molar-refractivity contribution in [1.29, 1.82) is 0 Å². The van der Waals surface area contributed by atoms with E-state index in [2.05, 4.69) is 0 Å². The molecule has 3 nitrogen and oxygen atoms in total. The van der Waals surface area contributed by atoms with Gasteiger partial charge < -0.3 is 15.6 Å². The molecule has 1 aromatic carbocycles. The van der Waals surface area contributed by atoms with Crippen molar-refractivity contribution in [1.82, 2.24) is 0 Å². The van der Waals surface area contributed by atoms with E-state index in [1.807, 2.05) is 38.1 Å². The van der Waals surface area contributed by atoms with Crippen LogP contribution in [-0.4, -0.2) is 17.3 Å². The highest BCUT2D eigenvalue weighted by Crippen LogP contribution is 2.40. The Hall–Kier alpha value is -1.06. The largest absolute Gasteiger partial charge is 0.491 e. The second-order valence-electron chi connectivity index (χ2n) is 5.55. The summed E-state index contributed by atoms with van der Waals surface area (Å²) in [4.78, 5) is 0. The summed E-state index contributed by atoms with van der Waals surface area (Å²) in [5.41, 5.74) is 6.05. The minimum atomic E-state index is -0.830. The molecule has 1 aliphatic rings. The SMILES string of the molecule is CC(C)Oc1ccccc1C1(O)CCCC(N)C1. The summed E-state index contributed by atoms with van der Waals surface area (Å²) in [5.74, 6) is 0.782. The van der Waals surface area contributed by atoms with Gasteiger partial charge in [-0.1, -0.05) is 18.2 Å². The van der Waals surface area contributed by atoms with Gasteiger partial charge in [0.2, 0.25) is 0 Å². The zero-order chi connectivity index (χ0) is 13.2. The molecule has 0 amide bonds. The Labute approximate surface area is 109 Å². The quantitative estimate of drug-likeness (QED) is 0.865. The van der Waals surface area contributed by atoms with Crippen molar-refractivity contribution < 1.29 is 9.84 Å². The molecule has 0 aliphatic heterocycles. The third kappa shape index (κ3) is 2.85. The van der Waals surface area contributed by atoms with Crippen LogP contribution in [-0.2, 0) is 5.60 Å². The second-order valence-corrected chi connectivity index (χ2v) is 5.55. The van der Waals surface area contributed by atoms with Crippen LogP contribution in [0.15, 0.2) is 24.3 Å². The normalized spacial score (nSPS) is 28.4. The molecule has 100 valence electrons. The third-order valence-electron chi connectivity index (χ3n) is 3.52. The van der Waals surface area contributed by atoms with E-state index in [-0.39, 0.29) is 12.1 Å². The smallest absolute Gasteiger partial charge is 0.125 e. The van der Waals surface area contributed by atoms with Crippen LogP contribution in [0, 0.1) is 0 Å². The van der Waals surface area contributed by atoms with E-state index in [1.165, 1.54) is 0 Å². The summed E-state index contributed by atoms with van der Waals surface area (Å²) < 4.78 is 5.80. The molecule has 1 aliphatic carbocycles. The van der Waals surface area contributed by atoms with Crippen molar-refractivity contribution in [2.75, 3.05) is 0 Å². The molecule has 2 rings (SSSR count). The summed E-state index contributed by atoms with van der Waals surface area (Å²) >= 11 is 0. The van der Waals surface area contributed by atoms with E-state index >= 15 is 0 Å². The number of nitrogens with two attached hydrogens (primary N) is 1. The van der Waals surface area contributed by atoms with Crippen LogP contribution in [0.4, 0.5) is 0 Å². The molecule has 1 fully saturated rings. The predicted octanol–water partition coefficient (Wildman–Crippen LogP) is 2.56. The van der Waals surface area contributed by atoms with Crippen molar-refractivity contribution in [3.05, 3.63) is 29.8 Å². The van der Waals surface area contributed by atoms with Crippen LogP contribution >= 0.6 is 0 Å². The zero-order valence-electron chi connectivity index (χ0n) is 11.2. The van der Waals surface area contributed by atoms with E-state index < -0.39 is 5.60 Å². The van der Waals surface area contributed by atoms with Gasteiger partial charge in [0.05, 0.1) is 11.7 Å². The lowest BCUT2D eigenvalue weighted by molar-refractivity contribution is -0.0100. The lowest BCUT2D eigenvalue weighted by atomic mass is 9.77. The Kier molecular flexibility index (Phi) is 3.93. The number of rotatable bonds is 3. The van der Waals surface area contributed by atoms with Gasteiger partial charge in [-0.05, 0) is 45.6 Å². The van der Waals surface area contributed by atoms with Gasteiger partial charge in [-0.3, -0.25) is 0 Å². The topological polar surface area (TPSA) is 55.5 Å². The average molecular weight is 249 g/mol. The number of para-hydroxylation sites is 1. The fourth-order valence-corrected chi connectivity index (χ4v) is 2.75. The summed E-state index contributed by atoms with van der Waals surface area (Å²) in [6, 6.07) is 7.84. The van der Waals surface area contributed by atoms with Crippen LogP contribution < -0.4 is 10.5 Å². The van der Waals surface area contributed by atoms with Crippen LogP contribution in [0.25, 0.3) is 0 Å². The van der Waals surface area contributed by atoms with Gasteiger partial charge in [0, 0.05) is 11.6 Å². The van der Waals surface area contributed by atoms with E-state index in [0.29, 0.717) is 6.42 Å². The van der Waals surface area contributed by atoms with Gasteiger partial charge in [0.25, 0.3) is 0 Å². The number of aliphatic hydroxyl groups is 1. The van der Waals surface area contributed by atoms with Gasteiger partial charge in [-0.2, -0.15) is 0 Å². The highest BCUT2D eigenvalue weighted by Gasteiger charge is 2.36.